The van der Waals surface area contributed by atoms with Crippen molar-refractivity contribution in [3.05, 3.63) is 29.8 Å². The third-order valence-corrected chi connectivity index (χ3v) is 4.10. The minimum absolute atomic E-state index is 0.192. The predicted molar refractivity (Wildman–Crippen MR) is 87.1 cm³/mol. The number of carbonyl (C=O) groups is 1. The summed E-state index contributed by atoms with van der Waals surface area (Å²) >= 11 is 1.71. The molecule has 1 aromatic rings. The van der Waals surface area contributed by atoms with Crippen molar-refractivity contribution in [3.8, 4) is 5.75 Å². The predicted octanol–water partition coefficient (Wildman–Crippen LogP) is 3.34. The van der Waals surface area contributed by atoms with E-state index in [9.17, 15) is 4.79 Å². The molecule has 0 unspecified atom stereocenters. The maximum atomic E-state index is 12.0. The SMILES string of the molecule is CCOc1ccc(C(=O)CSCCN(CC)CC)cc1. The summed E-state index contributed by atoms with van der Waals surface area (Å²) in [7, 11) is 0. The molecule has 3 nitrogen and oxygen atoms in total. The first-order valence-electron chi connectivity index (χ1n) is 7.27. The van der Waals surface area contributed by atoms with Gasteiger partial charge in [-0.25, -0.2) is 0 Å². The molecule has 0 saturated heterocycles. The van der Waals surface area contributed by atoms with Crippen LogP contribution < -0.4 is 4.74 Å². The Bertz CT molecular complexity index is 388. The average molecular weight is 295 g/mol. The van der Waals surface area contributed by atoms with Crippen LogP contribution in [0.15, 0.2) is 24.3 Å². The van der Waals surface area contributed by atoms with Crippen LogP contribution in [0, 0.1) is 0 Å². The average Bonchev–Trinajstić information content (AvgIpc) is 2.48. The van der Waals surface area contributed by atoms with Crippen molar-refractivity contribution in [2.24, 2.45) is 0 Å². The van der Waals surface area contributed by atoms with Gasteiger partial charge in [0.2, 0.25) is 0 Å². The summed E-state index contributed by atoms with van der Waals surface area (Å²) in [6, 6.07) is 7.41. The molecule has 0 aliphatic rings. The molecule has 0 aromatic heterocycles. The molecule has 0 saturated carbocycles. The summed E-state index contributed by atoms with van der Waals surface area (Å²) in [6.07, 6.45) is 0. The Balaban J connectivity index is 2.32. The summed E-state index contributed by atoms with van der Waals surface area (Å²) in [5.74, 6) is 2.57. The number of benzene rings is 1. The molecule has 0 spiro atoms. The van der Waals surface area contributed by atoms with Crippen molar-refractivity contribution >= 4 is 17.5 Å². The van der Waals surface area contributed by atoms with E-state index >= 15 is 0 Å². The van der Waals surface area contributed by atoms with Gasteiger partial charge < -0.3 is 9.64 Å². The lowest BCUT2D eigenvalue weighted by Crippen LogP contribution is -2.25. The van der Waals surface area contributed by atoms with Crippen molar-refractivity contribution in [2.45, 2.75) is 20.8 Å². The first kappa shape index (κ1) is 17.1. The number of hydrogen-bond acceptors (Lipinski definition) is 4. The zero-order valence-corrected chi connectivity index (χ0v) is 13.5. The van der Waals surface area contributed by atoms with Crippen molar-refractivity contribution < 1.29 is 9.53 Å². The topological polar surface area (TPSA) is 29.5 Å². The highest BCUT2D eigenvalue weighted by atomic mass is 32.2. The van der Waals surface area contributed by atoms with Gasteiger partial charge in [-0.2, -0.15) is 11.8 Å². The van der Waals surface area contributed by atoms with Gasteiger partial charge in [0, 0.05) is 17.9 Å². The Labute approximate surface area is 126 Å². The zero-order chi connectivity index (χ0) is 14.8. The molecule has 4 heteroatoms. The standard InChI is InChI=1S/C16H25NO2S/c1-4-17(5-2)11-12-20-13-16(18)14-7-9-15(10-8-14)19-6-3/h7-10H,4-6,11-13H2,1-3H3. The van der Waals surface area contributed by atoms with Crippen LogP contribution in [0.3, 0.4) is 0 Å². The molecule has 112 valence electrons. The van der Waals surface area contributed by atoms with Crippen molar-refractivity contribution in [1.82, 2.24) is 4.90 Å². The molecule has 0 aliphatic carbocycles. The first-order valence-corrected chi connectivity index (χ1v) is 8.42. The Morgan fingerprint density at radius 1 is 1.15 bits per heavy atom. The lowest BCUT2D eigenvalue weighted by atomic mass is 10.1. The van der Waals surface area contributed by atoms with Crippen LogP contribution in [0.1, 0.15) is 31.1 Å². The van der Waals surface area contributed by atoms with Crippen LogP contribution in [0.2, 0.25) is 0 Å². The Hall–Kier alpha value is -1.00. The van der Waals surface area contributed by atoms with Gasteiger partial charge in [-0.3, -0.25) is 4.79 Å². The van der Waals surface area contributed by atoms with Crippen LogP contribution >= 0.6 is 11.8 Å². The number of carbonyl (C=O) groups excluding carboxylic acids is 1. The Morgan fingerprint density at radius 2 is 1.80 bits per heavy atom. The van der Waals surface area contributed by atoms with E-state index in [2.05, 4.69) is 18.7 Å². The number of nitrogens with zero attached hydrogens (tertiary/aromatic N) is 1. The molecular weight excluding hydrogens is 270 g/mol. The van der Waals surface area contributed by atoms with Gasteiger partial charge in [-0.05, 0) is 44.3 Å². The van der Waals surface area contributed by atoms with Gasteiger partial charge in [0.1, 0.15) is 5.75 Å². The fourth-order valence-electron chi connectivity index (χ4n) is 1.89. The molecule has 0 fully saturated rings. The number of hydrogen-bond donors (Lipinski definition) is 0. The van der Waals surface area contributed by atoms with Crippen LogP contribution in [0.4, 0.5) is 0 Å². The molecule has 1 aromatic carbocycles. The molecule has 0 bridgehead atoms. The third-order valence-electron chi connectivity index (χ3n) is 3.17. The smallest absolute Gasteiger partial charge is 0.172 e. The first-order chi connectivity index (χ1) is 9.71. The maximum Gasteiger partial charge on any atom is 0.172 e. The van der Waals surface area contributed by atoms with E-state index < -0.39 is 0 Å². The second-order valence-electron chi connectivity index (χ2n) is 4.46. The van der Waals surface area contributed by atoms with Crippen molar-refractivity contribution in [3.63, 3.8) is 0 Å². The highest BCUT2D eigenvalue weighted by molar-refractivity contribution is 8.00. The maximum absolute atomic E-state index is 12.0. The molecule has 0 radical (unpaired) electrons. The van der Waals surface area contributed by atoms with E-state index in [1.54, 1.807) is 11.8 Å². The number of Topliss-reactive ketones (excluding diaryl/α,β-unsaturated/α-hetero) is 1. The largest absolute Gasteiger partial charge is 0.494 e. The number of ether oxygens (including phenoxy) is 1. The van der Waals surface area contributed by atoms with E-state index in [4.69, 9.17) is 4.74 Å². The highest BCUT2D eigenvalue weighted by Crippen LogP contribution is 2.14. The molecule has 1 rings (SSSR count). The lowest BCUT2D eigenvalue weighted by Gasteiger charge is -2.17. The fourth-order valence-corrected chi connectivity index (χ4v) is 2.77. The van der Waals surface area contributed by atoms with Crippen molar-refractivity contribution in [2.75, 3.05) is 37.7 Å². The summed E-state index contributed by atoms with van der Waals surface area (Å²) in [6.45, 7) is 10.1. The minimum Gasteiger partial charge on any atom is -0.494 e. The van der Waals surface area contributed by atoms with Gasteiger partial charge in [-0.1, -0.05) is 13.8 Å². The summed E-state index contributed by atoms with van der Waals surface area (Å²) < 4.78 is 5.37. The van der Waals surface area contributed by atoms with E-state index in [1.807, 2.05) is 31.2 Å². The summed E-state index contributed by atoms with van der Waals surface area (Å²) in [4.78, 5) is 14.4. The second kappa shape index (κ2) is 9.83. The fraction of sp³-hybridized carbons (Fsp3) is 0.562. The van der Waals surface area contributed by atoms with Gasteiger partial charge in [0.15, 0.2) is 5.78 Å². The normalized spacial score (nSPS) is 10.8. The molecule has 0 aliphatic heterocycles. The Morgan fingerprint density at radius 3 is 2.35 bits per heavy atom. The van der Waals surface area contributed by atoms with Crippen molar-refractivity contribution in [1.29, 1.82) is 0 Å². The quantitative estimate of drug-likeness (QED) is 0.489. The minimum atomic E-state index is 0.192. The number of rotatable bonds is 10. The van der Waals surface area contributed by atoms with E-state index in [-0.39, 0.29) is 5.78 Å². The van der Waals surface area contributed by atoms with Gasteiger partial charge in [0.25, 0.3) is 0 Å². The monoisotopic (exact) mass is 295 g/mol. The molecular formula is C16H25NO2S. The van der Waals surface area contributed by atoms with Crippen LogP contribution in [0.5, 0.6) is 5.75 Å². The lowest BCUT2D eigenvalue weighted by molar-refractivity contribution is 0.102. The molecule has 20 heavy (non-hydrogen) atoms. The van der Waals surface area contributed by atoms with Crippen LogP contribution in [-0.4, -0.2) is 48.4 Å². The van der Waals surface area contributed by atoms with Crippen LogP contribution in [-0.2, 0) is 0 Å². The molecule has 0 N–H and O–H groups in total. The summed E-state index contributed by atoms with van der Waals surface area (Å²) in [5, 5.41) is 0. The van der Waals surface area contributed by atoms with E-state index in [0.29, 0.717) is 12.4 Å². The van der Waals surface area contributed by atoms with Gasteiger partial charge >= 0.3 is 0 Å². The Kier molecular flexibility index (Phi) is 8.38. The van der Waals surface area contributed by atoms with Gasteiger partial charge in [-0.15, -0.1) is 0 Å². The van der Waals surface area contributed by atoms with Crippen LogP contribution in [0.25, 0.3) is 0 Å². The third kappa shape index (κ3) is 5.97. The summed E-state index contributed by atoms with van der Waals surface area (Å²) in [5.41, 5.74) is 0.767. The highest BCUT2D eigenvalue weighted by Gasteiger charge is 2.06. The molecule has 0 atom stereocenters. The molecule has 0 heterocycles. The van der Waals surface area contributed by atoms with E-state index in [1.165, 1.54) is 0 Å². The van der Waals surface area contributed by atoms with E-state index in [0.717, 1.165) is 36.7 Å². The zero-order valence-electron chi connectivity index (χ0n) is 12.7. The molecule has 0 amide bonds. The number of ketones is 1. The number of thioether (sulfide) groups is 1. The van der Waals surface area contributed by atoms with Gasteiger partial charge in [0.05, 0.1) is 12.4 Å². The second-order valence-corrected chi connectivity index (χ2v) is 5.57.